The SMILES string of the molecule is CC1(C)COc2c(-c3ccccc3)cccc21. The molecule has 86 valence electrons. The second-order valence-corrected chi connectivity index (χ2v) is 5.22. The van der Waals surface area contributed by atoms with Crippen LogP contribution in [0.15, 0.2) is 48.5 Å². The number of benzene rings is 2. The second-order valence-electron chi connectivity index (χ2n) is 5.22. The van der Waals surface area contributed by atoms with E-state index in [1.807, 2.05) is 6.07 Å². The first-order valence-corrected chi connectivity index (χ1v) is 6.00. The van der Waals surface area contributed by atoms with Crippen LogP contribution in [-0.2, 0) is 5.41 Å². The minimum atomic E-state index is 0.125. The molecule has 0 unspecified atom stereocenters. The molecule has 0 N–H and O–H groups in total. The molecular weight excluding hydrogens is 208 g/mol. The van der Waals surface area contributed by atoms with E-state index >= 15 is 0 Å². The van der Waals surface area contributed by atoms with Gasteiger partial charge in [-0.1, -0.05) is 62.4 Å². The van der Waals surface area contributed by atoms with Gasteiger partial charge in [0.2, 0.25) is 0 Å². The van der Waals surface area contributed by atoms with Crippen LogP contribution in [0.2, 0.25) is 0 Å². The fraction of sp³-hybridized carbons (Fsp3) is 0.250. The summed E-state index contributed by atoms with van der Waals surface area (Å²) < 4.78 is 5.90. The number of fused-ring (bicyclic) bond motifs is 1. The number of hydrogen-bond donors (Lipinski definition) is 0. The highest BCUT2D eigenvalue weighted by Gasteiger charge is 2.33. The van der Waals surface area contributed by atoms with Crippen molar-refractivity contribution in [1.29, 1.82) is 0 Å². The van der Waals surface area contributed by atoms with Crippen LogP contribution in [-0.4, -0.2) is 6.61 Å². The zero-order valence-corrected chi connectivity index (χ0v) is 10.2. The zero-order chi connectivity index (χ0) is 11.9. The van der Waals surface area contributed by atoms with Crippen LogP contribution in [0.25, 0.3) is 11.1 Å². The number of hydrogen-bond acceptors (Lipinski definition) is 1. The molecule has 2 aromatic carbocycles. The normalized spacial score (nSPS) is 16.4. The molecule has 1 heterocycles. The van der Waals surface area contributed by atoms with Crippen molar-refractivity contribution in [2.75, 3.05) is 6.61 Å². The highest BCUT2D eigenvalue weighted by Crippen LogP contribution is 2.44. The molecule has 1 aliphatic heterocycles. The largest absolute Gasteiger partial charge is 0.492 e. The van der Waals surface area contributed by atoms with E-state index in [0.29, 0.717) is 0 Å². The first kappa shape index (κ1) is 10.4. The molecule has 1 nitrogen and oxygen atoms in total. The van der Waals surface area contributed by atoms with Crippen LogP contribution < -0.4 is 4.74 Å². The van der Waals surface area contributed by atoms with Crippen molar-refractivity contribution in [3.63, 3.8) is 0 Å². The molecule has 0 aromatic heterocycles. The number of para-hydroxylation sites is 1. The molecule has 2 aromatic rings. The van der Waals surface area contributed by atoms with E-state index in [2.05, 4.69) is 56.3 Å². The molecule has 0 atom stereocenters. The fourth-order valence-electron chi connectivity index (χ4n) is 2.40. The van der Waals surface area contributed by atoms with E-state index < -0.39 is 0 Å². The fourth-order valence-corrected chi connectivity index (χ4v) is 2.40. The third-order valence-corrected chi connectivity index (χ3v) is 3.41. The topological polar surface area (TPSA) is 9.23 Å². The van der Waals surface area contributed by atoms with Gasteiger partial charge in [-0.2, -0.15) is 0 Å². The highest BCUT2D eigenvalue weighted by molar-refractivity contribution is 5.73. The van der Waals surface area contributed by atoms with Crippen molar-refractivity contribution in [2.45, 2.75) is 19.3 Å². The minimum absolute atomic E-state index is 0.125. The van der Waals surface area contributed by atoms with Crippen LogP contribution in [0.4, 0.5) is 0 Å². The van der Waals surface area contributed by atoms with Gasteiger partial charge in [-0.05, 0) is 5.56 Å². The molecule has 0 aliphatic carbocycles. The average molecular weight is 224 g/mol. The molecule has 0 fully saturated rings. The van der Waals surface area contributed by atoms with Gasteiger partial charge < -0.3 is 4.74 Å². The van der Waals surface area contributed by atoms with Gasteiger partial charge in [0.1, 0.15) is 5.75 Å². The molecular formula is C16H16O. The van der Waals surface area contributed by atoms with E-state index in [9.17, 15) is 0 Å². The minimum Gasteiger partial charge on any atom is -0.492 e. The molecule has 0 amide bonds. The van der Waals surface area contributed by atoms with Gasteiger partial charge in [-0.3, -0.25) is 0 Å². The lowest BCUT2D eigenvalue weighted by Gasteiger charge is -2.15. The monoisotopic (exact) mass is 224 g/mol. The van der Waals surface area contributed by atoms with E-state index in [1.54, 1.807) is 0 Å². The zero-order valence-electron chi connectivity index (χ0n) is 10.2. The van der Waals surface area contributed by atoms with Gasteiger partial charge >= 0.3 is 0 Å². The molecule has 0 spiro atoms. The predicted molar refractivity (Wildman–Crippen MR) is 70.4 cm³/mol. The quantitative estimate of drug-likeness (QED) is 0.710. The van der Waals surface area contributed by atoms with Crippen LogP contribution >= 0.6 is 0 Å². The maximum atomic E-state index is 5.90. The van der Waals surface area contributed by atoms with Crippen LogP contribution in [0.3, 0.4) is 0 Å². The van der Waals surface area contributed by atoms with E-state index in [0.717, 1.165) is 12.4 Å². The molecule has 3 rings (SSSR count). The van der Waals surface area contributed by atoms with Gasteiger partial charge in [-0.25, -0.2) is 0 Å². The molecule has 0 saturated carbocycles. The first-order chi connectivity index (χ1) is 8.18. The summed E-state index contributed by atoms with van der Waals surface area (Å²) in [5.74, 6) is 1.06. The third-order valence-electron chi connectivity index (χ3n) is 3.41. The Morgan fingerprint density at radius 1 is 0.941 bits per heavy atom. The summed E-state index contributed by atoms with van der Waals surface area (Å²) in [6, 6.07) is 16.9. The van der Waals surface area contributed by atoms with E-state index in [-0.39, 0.29) is 5.41 Å². The summed E-state index contributed by atoms with van der Waals surface area (Å²) in [5.41, 5.74) is 3.87. The van der Waals surface area contributed by atoms with E-state index in [4.69, 9.17) is 4.74 Å². The first-order valence-electron chi connectivity index (χ1n) is 6.00. The lowest BCUT2D eigenvalue weighted by atomic mass is 9.85. The second kappa shape index (κ2) is 3.63. The van der Waals surface area contributed by atoms with Crippen molar-refractivity contribution in [3.05, 3.63) is 54.1 Å². The Morgan fingerprint density at radius 3 is 2.47 bits per heavy atom. The molecule has 1 aliphatic rings. The standard InChI is InChI=1S/C16H16O/c1-16(2)11-17-15-13(9-6-10-14(15)16)12-7-4-3-5-8-12/h3-10H,11H2,1-2H3. The van der Waals surface area contributed by atoms with Crippen molar-refractivity contribution in [2.24, 2.45) is 0 Å². The molecule has 0 bridgehead atoms. The highest BCUT2D eigenvalue weighted by atomic mass is 16.5. The van der Waals surface area contributed by atoms with Gasteiger partial charge in [0.25, 0.3) is 0 Å². The van der Waals surface area contributed by atoms with Gasteiger partial charge in [0.05, 0.1) is 6.61 Å². The number of ether oxygens (including phenoxy) is 1. The Hall–Kier alpha value is -1.76. The maximum Gasteiger partial charge on any atom is 0.131 e. The van der Waals surface area contributed by atoms with E-state index in [1.165, 1.54) is 16.7 Å². The Kier molecular flexibility index (Phi) is 2.22. The molecule has 17 heavy (non-hydrogen) atoms. The van der Waals surface area contributed by atoms with Gasteiger partial charge in [0, 0.05) is 16.5 Å². The Balaban J connectivity index is 2.19. The lowest BCUT2D eigenvalue weighted by molar-refractivity contribution is 0.292. The van der Waals surface area contributed by atoms with Crippen molar-refractivity contribution >= 4 is 0 Å². The van der Waals surface area contributed by atoms with Crippen LogP contribution in [0.5, 0.6) is 5.75 Å². The van der Waals surface area contributed by atoms with Gasteiger partial charge in [0.15, 0.2) is 0 Å². The smallest absolute Gasteiger partial charge is 0.131 e. The van der Waals surface area contributed by atoms with Crippen molar-refractivity contribution in [3.8, 4) is 16.9 Å². The molecule has 0 radical (unpaired) electrons. The van der Waals surface area contributed by atoms with Crippen LogP contribution in [0.1, 0.15) is 19.4 Å². The maximum absolute atomic E-state index is 5.90. The summed E-state index contributed by atoms with van der Waals surface area (Å²) in [6.45, 7) is 5.23. The summed E-state index contributed by atoms with van der Waals surface area (Å²) in [7, 11) is 0. The third kappa shape index (κ3) is 1.62. The molecule has 0 saturated heterocycles. The summed E-state index contributed by atoms with van der Waals surface area (Å²) in [4.78, 5) is 0. The van der Waals surface area contributed by atoms with Crippen LogP contribution in [0, 0.1) is 0 Å². The predicted octanol–water partition coefficient (Wildman–Crippen LogP) is 4.02. The summed E-state index contributed by atoms with van der Waals surface area (Å²) in [5, 5.41) is 0. The van der Waals surface area contributed by atoms with Crippen molar-refractivity contribution < 1.29 is 4.74 Å². The Morgan fingerprint density at radius 2 is 1.71 bits per heavy atom. The Bertz CT molecular complexity index is 541. The van der Waals surface area contributed by atoms with Gasteiger partial charge in [-0.15, -0.1) is 0 Å². The van der Waals surface area contributed by atoms with Crippen molar-refractivity contribution in [1.82, 2.24) is 0 Å². The lowest BCUT2D eigenvalue weighted by Crippen LogP contribution is -2.18. The number of rotatable bonds is 1. The molecule has 1 heteroatoms. The Labute approximate surface area is 102 Å². The summed E-state index contributed by atoms with van der Waals surface area (Å²) >= 11 is 0. The summed E-state index contributed by atoms with van der Waals surface area (Å²) in [6.07, 6.45) is 0. The average Bonchev–Trinajstić information content (AvgIpc) is 2.67.